The van der Waals surface area contributed by atoms with E-state index in [4.69, 9.17) is 19.5 Å². The number of rotatable bonds is 10. The van der Waals surface area contributed by atoms with Gasteiger partial charge in [0, 0.05) is 26.2 Å². The average molecular weight is 430 g/mol. The lowest BCUT2D eigenvalue weighted by Gasteiger charge is -2.35. The number of nitrogens with two attached hydrogens (primary N) is 1. The van der Waals surface area contributed by atoms with Gasteiger partial charge in [-0.15, -0.1) is 12.4 Å². The first kappa shape index (κ1) is 26.1. The third-order valence-electron chi connectivity index (χ3n) is 3.96. The Hall–Kier alpha value is -0.860. The summed E-state index contributed by atoms with van der Waals surface area (Å²) in [4.78, 5) is 27.6. The van der Waals surface area contributed by atoms with Crippen molar-refractivity contribution >= 4 is 32.0 Å². The van der Waals surface area contributed by atoms with Crippen molar-refractivity contribution in [3.05, 3.63) is 0 Å². The summed E-state index contributed by atoms with van der Waals surface area (Å²) in [5.74, 6) is -0.316. The van der Waals surface area contributed by atoms with Crippen LogP contribution in [-0.2, 0) is 23.1 Å². The summed E-state index contributed by atoms with van der Waals surface area (Å²) < 4.78 is 28.1. The van der Waals surface area contributed by atoms with Gasteiger partial charge in [0.1, 0.15) is 0 Å². The largest absolute Gasteiger partial charge is 0.449 e. The highest BCUT2D eigenvalue weighted by molar-refractivity contribution is 7.53. The average Bonchev–Trinajstić information content (AvgIpc) is 2.61. The van der Waals surface area contributed by atoms with Gasteiger partial charge in [0.15, 0.2) is 0 Å². The Labute approximate surface area is 167 Å². The molecule has 11 heteroatoms. The third-order valence-corrected chi connectivity index (χ3v) is 6.11. The van der Waals surface area contributed by atoms with Gasteiger partial charge in [-0.25, -0.2) is 4.79 Å². The molecule has 0 bridgehead atoms. The summed E-state index contributed by atoms with van der Waals surface area (Å²) in [5.41, 5.74) is 5.94. The van der Waals surface area contributed by atoms with Gasteiger partial charge < -0.3 is 29.3 Å². The minimum absolute atomic E-state index is 0. The predicted octanol–water partition coefficient (Wildman–Crippen LogP) is 2.08. The normalized spacial score (nSPS) is 15.9. The van der Waals surface area contributed by atoms with Crippen molar-refractivity contribution in [1.29, 1.82) is 0 Å². The number of amides is 2. The molecular weight excluding hydrogens is 397 g/mol. The van der Waals surface area contributed by atoms with E-state index < -0.39 is 13.6 Å². The second-order valence-corrected chi connectivity index (χ2v) is 8.12. The number of hydrogen-bond acceptors (Lipinski definition) is 7. The molecule has 0 aromatic rings. The van der Waals surface area contributed by atoms with Gasteiger partial charge in [-0.1, -0.05) is 13.3 Å². The molecule has 1 rings (SSSR count). The zero-order valence-electron chi connectivity index (χ0n) is 16.4. The summed E-state index contributed by atoms with van der Waals surface area (Å²) in [6.45, 7) is 7.78. The van der Waals surface area contributed by atoms with Crippen LogP contribution in [-0.4, -0.2) is 80.0 Å². The van der Waals surface area contributed by atoms with Crippen molar-refractivity contribution in [2.45, 2.75) is 39.7 Å². The molecule has 0 radical (unpaired) electrons. The Kier molecular flexibility index (Phi) is 12.9. The molecule has 2 N–H and O–H groups in total. The number of hydrogen-bond donors (Lipinski definition) is 1. The molecule has 1 saturated heterocycles. The van der Waals surface area contributed by atoms with E-state index in [0.717, 1.165) is 12.8 Å². The maximum absolute atomic E-state index is 12.5. The van der Waals surface area contributed by atoms with Crippen LogP contribution in [0, 0.1) is 0 Å². The van der Waals surface area contributed by atoms with Crippen molar-refractivity contribution in [3.63, 3.8) is 0 Å². The molecule has 0 aromatic heterocycles. The van der Waals surface area contributed by atoms with Gasteiger partial charge in [-0.2, -0.15) is 0 Å². The second-order valence-electron chi connectivity index (χ2n) is 6.02. The molecule has 9 nitrogen and oxygen atoms in total. The molecule has 160 valence electrons. The molecule has 1 aliphatic rings. The Morgan fingerprint density at radius 2 is 1.56 bits per heavy atom. The van der Waals surface area contributed by atoms with Crippen LogP contribution >= 0.6 is 20.0 Å². The van der Waals surface area contributed by atoms with E-state index in [1.165, 1.54) is 0 Å². The zero-order valence-corrected chi connectivity index (χ0v) is 18.1. The van der Waals surface area contributed by atoms with Crippen LogP contribution in [0.5, 0.6) is 0 Å². The second kappa shape index (κ2) is 13.3. The van der Waals surface area contributed by atoms with E-state index in [9.17, 15) is 14.2 Å². The van der Waals surface area contributed by atoms with Crippen LogP contribution in [0.25, 0.3) is 0 Å². The maximum Gasteiger partial charge on any atom is 0.409 e. The fraction of sp³-hybridized carbons (Fsp3) is 0.875. The molecule has 1 atom stereocenters. The van der Waals surface area contributed by atoms with Gasteiger partial charge >= 0.3 is 13.7 Å². The van der Waals surface area contributed by atoms with Crippen LogP contribution in [0.1, 0.15) is 33.6 Å². The number of carbonyl (C=O) groups is 2. The lowest BCUT2D eigenvalue weighted by molar-refractivity contribution is -0.133. The van der Waals surface area contributed by atoms with E-state index in [0.29, 0.717) is 32.8 Å². The minimum atomic E-state index is -3.38. The molecular formula is C16H33ClN3O6P. The van der Waals surface area contributed by atoms with Crippen LogP contribution in [0.2, 0.25) is 0 Å². The molecule has 0 aliphatic carbocycles. The zero-order chi connectivity index (χ0) is 19.6. The quantitative estimate of drug-likeness (QED) is 0.418. The van der Waals surface area contributed by atoms with Crippen LogP contribution in [0.3, 0.4) is 0 Å². The van der Waals surface area contributed by atoms with E-state index in [1.807, 2.05) is 6.92 Å². The molecule has 1 aliphatic heterocycles. The number of ether oxygens (including phenoxy) is 1. The van der Waals surface area contributed by atoms with Gasteiger partial charge in [-0.3, -0.25) is 9.36 Å². The van der Waals surface area contributed by atoms with Crippen LogP contribution in [0.15, 0.2) is 0 Å². The SMILES string of the molecule is CCCCOC(=O)N1CCN(C(=O)[C@H](N)CP(=O)(OCC)OCC)CC1.Cl. The summed E-state index contributed by atoms with van der Waals surface area (Å²) in [6.07, 6.45) is 1.28. The highest BCUT2D eigenvalue weighted by atomic mass is 35.5. The van der Waals surface area contributed by atoms with Crippen LogP contribution in [0.4, 0.5) is 4.79 Å². The molecule has 0 unspecified atom stereocenters. The summed E-state index contributed by atoms with van der Waals surface area (Å²) in [5, 5.41) is 0. The van der Waals surface area contributed by atoms with Crippen molar-refractivity contribution in [2.24, 2.45) is 5.73 Å². The molecule has 1 fully saturated rings. The molecule has 27 heavy (non-hydrogen) atoms. The number of nitrogens with zero attached hydrogens (tertiary/aromatic N) is 2. The topological polar surface area (TPSA) is 111 Å². The molecule has 1 heterocycles. The van der Waals surface area contributed by atoms with Crippen molar-refractivity contribution in [3.8, 4) is 0 Å². The van der Waals surface area contributed by atoms with Gasteiger partial charge in [0.2, 0.25) is 5.91 Å². The van der Waals surface area contributed by atoms with Crippen molar-refractivity contribution in [2.75, 3.05) is 52.2 Å². The van der Waals surface area contributed by atoms with Crippen LogP contribution < -0.4 is 5.73 Å². The van der Waals surface area contributed by atoms with Gasteiger partial charge in [-0.05, 0) is 20.3 Å². The fourth-order valence-corrected chi connectivity index (χ4v) is 4.30. The number of piperazine rings is 1. The smallest absolute Gasteiger partial charge is 0.409 e. The summed E-state index contributed by atoms with van der Waals surface area (Å²) >= 11 is 0. The number of carbonyl (C=O) groups excluding carboxylic acids is 2. The number of unbranched alkanes of at least 4 members (excludes halogenated alkanes) is 1. The monoisotopic (exact) mass is 429 g/mol. The standard InChI is InChI=1S/C16H32N3O6P.ClH/c1-4-7-12-23-16(21)19-10-8-18(9-11-19)15(20)14(17)13-26(22,24-5-2)25-6-3;/h14H,4-13,17H2,1-3H3;1H/t14-;/m1./s1. The molecule has 2 amide bonds. The Morgan fingerprint density at radius 3 is 2.04 bits per heavy atom. The maximum atomic E-state index is 12.5. The van der Waals surface area contributed by atoms with Gasteiger partial charge in [0.25, 0.3) is 0 Å². The predicted molar refractivity (Wildman–Crippen MR) is 105 cm³/mol. The van der Waals surface area contributed by atoms with E-state index in [2.05, 4.69) is 0 Å². The highest BCUT2D eigenvalue weighted by Crippen LogP contribution is 2.48. The summed E-state index contributed by atoms with van der Waals surface area (Å²) in [7, 11) is -3.38. The lowest BCUT2D eigenvalue weighted by Crippen LogP contribution is -2.55. The third kappa shape index (κ3) is 8.79. The molecule has 0 saturated carbocycles. The highest BCUT2D eigenvalue weighted by Gasteiger charge is 2.34. The summed E-state index contributed by atoms with van der Waals surface area (Å²) in [6, 6.07) is -0.970. The Balaban J connectivity index is 0.00000676. The Morgan fingerprint density at radius 1 is 1.04 bits per heavy atom. The van der Waals surface area contributed by atoms with Crippen molar-refractivity contribution in [1.82, 2.24) is 9.80 Å². The minimum Gasteiger partial charge on any atom is -0.449 e. The number of halogens is 1. The van der Waals surface area contributed by atoms with E-state index >= 15 is 0 Å². The van der Waals surface area contributed by atoms with Gasteiger partial charge in [0.05, 0.1) is 32.0 Å². The first-order chi connectivity index (χ1) is 12.4. The van der Waals surface area contributed by atoms with Crippen molar-refractivity contribution < 1.29 is 27.9 Å². The van der Waals surface area contributed by atoms with E-state index in [1.54, 1.807) is 23.6 Å². The Bertz CT molecular complexity index is 493. The fourth-order valence-electron chi connectivity index (χ4n) is 2.59. The van der Waals surface area contributed by atoms with E-state index in [-0.39, 0.29) is 43.8 Å². The molecule has 0 spiro atoms. The molecule has 0 aromatic carbocycles. The lowest BCUT2D eigenvalue weighted by atomic mass is 10.2. The first-order valence-corrected chi connectivity index (χ1v) is 10.9. The first-order valence-electron chi connectivity index (χ1n) is 9.21.